The van der Waals surface area contributed by atoms with E-state index < -0.39 is 4.21 Å². The zero-order valence-corrected chi connectivity index (χ0v) is 4.86. The van der Waals surface area contributed by atoms with Gasteiger partial charge in [-0.1, -0.05) is 12.6 Å². The first-order valence-corrected chi connectivity index (χ1v) is 2.18. The SMILES string of the molecule is CC(C)([S])Cl. The quantitative estimate of drug-likeness (QED) is 0.418. The smallest absolute Gasteiger partial charge is 0.0943 e. The maximum Gasteiger partial charge on any atom is 0.0943 e. The van der Waals surface area contributed by atoms with Crippen molar-refractivity contribution in [1.82, 2.24) is 0 Å². The van der Waals surface area contributed by atoms with Crippen molar-refractivity contribution < 1.29 is 0 Å². The molecule has 0 aromatic rings. The van der Waals surface area contributed by atoms with Crippen LogP contribution in [0.3, 0.4) is 0 Å². The predicted octanol–water partition coefficient (Wildman–Crippen LogP) is 2.16. The van der Waals surface area contributed by atoms with Gasteiger partial charge in [-0.3, -0.25) is 0 Å². The Morgan fingerprint density at radius 1 is 1.60 bits per heavy atom. The highest BCUT2D eigenvalue weighted by Crippen LogP contribution is 2.15. The van der Waals surface area contributed by atoms with Gasteiger partial charge in [0.25, 0.3) is 0 Å². The van der Waals surface area contributed by atoms with Crippen LogP contribution in [0.5, 0.6) is 0 Å². The Hall–Kier alpha value is 0.640. The molecule has 0 N–H and O–H groups in total. The van der Waals surface area contributed by atoms with Crippen LogP contribution < -0.4 is 0 Å². The lowest BCUT2D eigenvalue weighted by molar-refractivity contribution is 1.02. The number of hydrogen-bond donors (Lipinski definition) is 0. The highest BCUT2D eigenvalue weighted by Gasteiger charge is 2.02. The van der Waals surface area contributed by atoms with Crippen LogP contribution in [0.4, 0.5) is 0 Å². The Morgan fingerprint density at radius 2 is 1.60 bits per heavy atom. The Balaban J connectivity index is 3.02. The first-order chi connectivity index (χ1) is 2.00. The largest absolute Gasteiger partial charge is 0.107 e. The Bertz CT molecular complexity index is 22.4. The monoisotopic (exact) mass is 109 g/mol. The summed E-state index contributed by atoms with van der Waals surface area (Å²) in [5.41, 5.74) is 0. The minimum atomic E-state index is -0.444. The molecule has 1 radical (unpaired) electrons. The molecule has 0 heterocycles. The van der Waals surface area contributed by atoms with E-state index in [-0.39, 0.29) is 0 Å². The summed E-state index contributed by atoms with van der Waals surface area (Å²) in [4.78, 5) is 0. The van der Waals surface area contributed by atoms with E-state index in [1.165, 1.54) is 0 Å². The van der Waals surface area contributed by atoms with Gasteiger partial charge in [-0.15, -0.1) is 11.6 Å². The van der Waals surface area contributed by atoms with Crippen LogP contribution in [0.25, 0.3) is 0 Å². The Morgan fingerprint density at radius 3 is 1.60 bits per heavy atom. The number of rotatable bonds is 0. The average Bonchev–Trinajstić information content (AvgIpc) is 0.722. The first kappa shape index (κ1) is 5.64. The van der Waals surface area contributed by atoms with Gasteiger partial charge in [-0.05, 0) is 13.8 Å². The summed E-state index contributed by atoms with van der Waals surface area (Å²) in [5, 5.41) is 0. The third kappa shape index (κ3) is 79.0. The summed E-state index contributed by atoms with van der Waals surface area (Å²) < 4.78 is -0.444. The lowest BCUT2D eigenvalue weighted by Crippen LogP contribution is -1.93. The molecule has 0 rings (SSSR count). The summed E-state index contributed by atoms with van der Waals surface area (Å²) in [6.07, 6.45) is 0. The Kier molecular flexibility index (Phi) is 1.57. The zero-order valence-electron chi connectivity index (χ0n) is 3.29. The van der Waals surface area contributed by atoms with Crippen molar-refractivity contribution in [2.24, 2.45) is 0 Å². The van der Waals surface area contributed by atoms with Gasteiger partial charge in [0.2, 0.25) is 0 Å². The van der Waals surface area contributed by atoms with E-state index in [1.807, 2.05) is 0 Å². The van der Waals surface area contributed by atoms with Crippen molar-refractivity contribution >= 4 is 24.2 Å². The highest BCUT2D eigenvalue weighted by molar-refractivity contribution is 7.83. The van der Waals surface area contributed by atoms with Crippen molar-refractivity contribution in [2.75, 3.05) is 0 Å². The van der Waals surface area contributed by atoms with Crippen LogP contribution in [-0.4, -0.2) is 4.21 Å². The molecule has 0 fully saturated rings. The molecule has 0 spiro atoms. The fourth-order valence-corrected chi connectivity index (χ4v) is 0. The second kappa shape index (κ2) is 1.39. The minimum Gasteiger partial charge on any atom is -0.107 e. The van der Waals surface area contributed by atoms with Gasteiger partial charge in [0.1, 0.15) is 0 Å². The molecular weight excluding hydrogens is 104 g/mol. The summed E-state index contributed by atoms with van der Waals surface area (Å²) in [7, 11) is 0. The molecule has 0 bridgehead atoms. The third-order valence-electron chi connectivity index (χ3n) is 0. The van der Waals surface area contributed by atoms with Gasteiger partial charge in [0.05, 0.1) is 4.21 Å². The normalized spacial score (nSPS) is 12.0. The van der Waals surface area contributed by atoms with Crippen LogP contribution in [0.1, 0.15) is 13.8 Å². The average molecular weight is 110 g/mol. The first-order valence-electron chi connectivity index (χ1n) is 1.39. The van der Waals surface area contributed by atoms with Crippen molar-refractivity contribution in [3.63, 3.8) is 0 Å². The minimum absolute atomic E-state index is 0.444. The molecule has 2 heteroatoms. The maximum atomic E-state index is 5.34. The standard InChI is InChI=1S/C3H6ClS/c1-3(2,4)5/h1-2H3. The van der Waals surface area contributed by atoms with Crippen molar-refractivity contribution in [2.45, 2.75) is 18.1 Å². The molecule has 0 nitrogen and oxygen atoms in total. The molecule has 31 valence electrons. The van der Waals surface area contributed by atoms with Crippen LogP contribution >= 0.6 is 24.2 Å². The molecule has 0 atom stereocenters. The van der Waals surface area contributed by atoms with Gasteiger partial charge >= 0.3 is 0 Å². The lowest BCUT2D eigenvalue weighted by Gasteiger charge is -1.98. The Labute approximate surface area is 42.9 Å². The fraction of sp³-hybridized carbons (Fsp3) is 1.00. The number of alkyl halides is 1. The summed E-state index contributed by atoms with van der Waals surface area (Å²) in [5.74, 6) is 0. The van der Waals surface area contributed by atoms with Crippen molar-refractivity contribution in [1.29, 1.82) is 0 Å². The van der Waals surface area contributed by atoms with E-state index in [9.17, 15) is 0 Å². The van der Waals surface area contributed by atoms with Crippen LogP contribution in [0.15, 0.2) is 0 Å². The third-order valence-corrected chi connectivity index (χ3v) is 0. The lowest BCUT2D eigenvalue weighted by atomic mass is 10.6. The van der Waals surface area contributed by atoms with Crippen molar-refractivity contribution in [3.8, 4) is 0 Å². The van der Waals surface area contributed by atoms with E-state index in [0.717, 1.165) is 0 Å². The van der Waals surface area contributed by atoms with Gasteiger partial charge < -0.3 is 0 Å². The fourth-order valence-electron chi connectivity index (χ4n) is 0. The van der Waals surface area contributed by atoms with Crippen LogP contribution in [0.2, 0.25) is 0 Å². The molecule has 0 amide bonds. The molecule has 0 aromatic carbocycles. The second-order valence-electron chi connectivity index (χ2n) is 1.36. The molecular formula is C3H6ClS. The van der Waals surface area contributed by atoms with Crippen molar-refractivity contribution in [3.05, 3.63) is 0 Å². The predicted molar refractivity (Wildman–Crippen MR) is 27.5 cm³/mol. The molecule has 0 saturated heterocycles. The molecule has 0 aliphatic heterocycles. The highest BCUT2D eigenvalue weighted by atomic mass is 35.5. The van der Waals surface area contributed by atoms with E-state index in [1.54, 1.807) is 13.8 Å². The maximum absolute atomic E-state index is 5.34. The molecule has 0 aliphatic carbocycles. The van der Waals surface area contributed by atoms with E-state index >= 15 is 0 Å². The van der Waals surface area contributed by atoms with Gasteiger partial charge in [0.15, 0.2) is 0 Å². The van der Waals surface area contributed by atoms with E-state index in [4.69, 9.17) is 11.6 Å². The van der Waals surface area contributed by atoms with E-state index in [0.29, 0.717) is 0 Å². The molecule has 0 aliphatic rings. The molecule has 0 unspecified atom stereocenters. The topological polar surface area (TPSA) is 0 Å². The summed E-state index contributed by atoms with van der Waals surface area (Å²) >= 11 is 9.94. The van der Waals surface area contributed by atoms with Gasteiger partial charge in [0, 0.05) is 0 Å². The van der Waals surface area contributed by atoms with E-state index in [2.05, 4.69) is 12.6 Å². The zero-order chi connectivity index (χ0) is 4.50. The van der Waals surface area contributed by atoms with Gasteiger partial charge in [-0.25, -0.2) is 0 Å². The van der Waals surface area contributed by atoms with Gasteiger partial charge in [-0.2, -0.15) is 0 Å². The molecule has 5 heavy (non-hydrogen) atoms. The number of halogens is 1. The van der Waals surface area contributed by atoms with Crippen LogP contribution in [0, 0.1) is 0 Å². The summed E-state index contributed by atoms with van der Waals surface area (Å²) in [6, 6.07) is 0. The summed E-state index contributed by atoms with van der Waals surface area (Å²) in [6.45, 7) is 3.54. The molecule has 0 aromatic heterocycles. The number of hydrogen-bond acceptors (Lipinski definition) is 0. The van der Waals surface area contributed by atoms with Crippen LogP contribution in [-0.2, 0) is 0 Å². The molecule has 0 saturated carbocycles. The second-order valence-corrected chi connectivity index (χ2v) is 3.55.